The molecule has 0 aliphatic carbocycles. The lowest BCUT2D eigenvalue weighted by molar-refractivity contribution is 0.319. The molecule has 2 rings (SSSR count). The van der Waals surface area contributed by atoms with Crippen molar-refractivity contribution in [3.05, 3.63) is 53.9 Å². The Bertz CT molecular complexity index is 602. The van der Waals surface area contributed by atoms with E-state index in [4.69, 9.17) is 15.9 Å². The predicted molar refractivity (Wildman–Crippen MR) is 87.3 cm³/mol. The van der Waals surface area contributed by atoms with E-state index in [2.05, 4.69) is 11.9 Å². The maximum absolute atomic E-state index is 7.77. The number of hydrogen-bond donors (Lipinski definition) is 2. The highest BCUT2D eigenvalue weighted by Gasteiger charge is 2.12. The summed E-state index contributed by atoms with van der Waals surface area (Å²) in [6.07, 6.45) is 2.50. The van der Waals surface area contributed by atoms with Crippen LogP contribution >= 0.6 is 11.8 Å². The van der Waals surface area contributed by atoms with Gasteiger partial charge in [-0.15, -0.1) is 11.8 Å². The van der Waals surface area contributed by atoms with Crippen LogP contribution in [0.25, 0.3) is 0 Å². The fourth-order valence-corrected chi connectivity index (χ4v) is 2.82. The SMILES string of the molecule is CCSc1cccc(OCCc2ccccn2)c1C(=N)N. The first-order chi connectivity index (χ1) is 10.2. The monoisotopic (exact) mass is 301 g/mol. The number of amidine groups is 1. The van der Waals surface area contributed by atoms with Crippen LogP contribution in [-0.4, -0.2) is 23.2 Å². The number of ether oxygens (including phenoxy) is 1. The fraction of sp³-hybridized carbons (Fsp3) is 0.250. The summed E-state index contributed by atoms with van der Waals surface area (Å²) < 4.78 is 5.82. The highest BCUT2D eigenvalue weighted by Crippen LogP contribution is 2.29. The van der Waals surface area contributed by atoms with E-state index >= 15 is 0 Å². The summed E-state index contributed by atoms with van der Waals surface area (Å²) in [4.78, 5) is 5.25. The summed E-state index contributed by atoms with van der Waals surface area (Å²) >= 11 is 1.66. The van der Waals surface area contributed by atoms with Crippen LogP contribution in [0.2, 0.25) is 0 Å². The van der Waals surface area contributed by atoms with Crippen LogP contribution in [0.4, 0.5) is 0 Å². The average molecular weight is 301 g/mol. The molecular formula is C16H19N3OS. The fourth-order valence-electron chi connectivity index (χ4n) is 1.98. The first kappa shape index (κ1) is 15.4. The number of nitrogen functional groups attached to an aromatic ring is 1. The first-order valence-corrected chi connectivity index (χ1v) is 7.84. The molecule has 0 fully saturated rings. The summed E-state index contributed by atoms with van der Waals surface area (Å²) in [6, 6.07) is 11.6. The van der Waals surface area contributed by atoms with E-state index in [0.717, 1.165) is 22.8 Å². The molecular weight excluding hydrogens is 282 g/mol. The molecule has 2 aromatic rings. The van der Waals surface area contributed by atoms with Gasteiger partial charge in [-0.05, 0) is 30.0 Å². The lowest BCUT2D eigenvalue weighted by atomic mass is 10.2. The number of pyridine rings is 1. The number of nitrogens with zero attached hydrogens (tertiary/aromatic N) is 1. The Kier molecular flexibility index (Phi) is 5.63. The third-order valence-electron chi connectivity index (χ3n) is 2.90. The maximum Gasteiger partial charge on any atom is 0.131 e. The second-order valence-corrected chi connectivity index (χ2v) is 5.70. The Hall–Kier alpha value is -2.01. The highest BCUT2D eigenvalue weighted by atomic mass is 32.2. The molecule has 0 aliphatic rings. The van der Waals surface area contributed by atoms with Gasteiger partial charge in [0, 0.05) is 23.2 Å². The van der Waals surface area contributed by atoms with Gasteiger partial charge in [-0.1, -0.05) is 19.1 Å². The van der Waals surface area contributed by atoms with E-state index in [-0.39, 0.29) is 5.84 Å². The quantitative estimate of drug-likeness (QED) is 0.468. The van der Waals surface area contributed by atoms with E-state index < -0.39 is 0 Å². The smallest absolute Gasteiger partial charge is 0.131 e. The van der Waals surface area contributed by atoms with Crippen molar-refractivity contribution < 1.29 is 4.74 Å². The van der Waals surface area contributed by atoms with Crippen molar-refractivity contribution in [2.24, 2.45) is 5.73 Å². The number of nitrogens with one attached hydrogen (secondary N) is 1. The van der Waals surface area contributed by atoms with Crippen molar-refractivity contribution in [3.8, 4) is 5.75 Å². The number of benzene rings is 1. The van der Waals surface area contributed by atoms with Crippen LogP contribution in [0.5, 0.6) is 5.75 Å². The van der Waals surface area contributed by atoms with E-state index in [1.165, 1.54) is 0 Å². The topological polar surface area (TPSA) is 72.0 Å². The van der Waals surface area contributed by atoms with Crippen molar-refractivity contribution >= 4 is 17.6 Å². The van der Waals surface area contributed by atoms with Gasteiger partial charge < -0.3 is 10.5 Å². The summed E-state index contributed by atoms with van der Waals surface area (Å²) in [6.45, 7) is 2.58. The standard InChI is InChI=1S/C16H19N3OS/c1-2-21-14-8-5-7-13(15(14)16(17)18)20-11-9-12-6-3-4-10-19-12/h3-8,10H,2,9,11H2,1H3,(H3,17,18). The molecule has 4 nitrogen and oxygen atoms in total. The lowest BCUT2D eigenvalue weighted by Crippen LogP contribution is -2.15. The molecule has 0 atom stereocenters. The Morgan fingerprint density at radius 2 is 2.14 bits per heavy atom. The summed E-state index contributed by atoms with van der Waals surface area (Å²) in [5.41, 5.74) is 7.38. The Morgan fingerprint density at radius 1 is 1.29 bits per heavy atom. The van der Waals surface area contributed by atoms with Gasteiger partial charge in [0.1, 0.15) is 11.6 Å². The third-order valence-corrected chi connectivity index (χ3v) is 3.84. The first-order valence-electron chi connectivity index (χ1n) is 6.85. The van der Waals surface area contributed by atoms with Crippen LogP contribution in [0.3, 0.4) is 0 Å². The number of aromatic nitrogens is 1. The van der Waals surface area contributed by atoms with Crippen LogP contribution in [0.15, 0.2) is 47.5 Å². The van der Waals surface area contributed by atoms with E-state index in [9.17, 15) is 0 Å². The minimum atomic E-state index is 0.0411. The molecule has 0 saturated carbocycles. The lowest BCUT2D eigenvalue weighted by Gasteiger charge is -2.14. The highest BCUT2D eigenvalue weighted by molar-refractivity contribution is 7.99. The molecule has 3 N–H and O–H groups in total. The average Bonchev–Trinajstić information content (AvgIpc) is 2.48. The zero-order valence-electron chi connectivity index (χ0n) is 12.0. The summed E-state index contributed by atoms with van der Waals surface area (Å²) in [5.74, 6) is 1.63. The van der Waals surface area contributed by atoms with Gasteiger partial charge in [0.05, 0.1) is 12.2 Å². The Morgan fingerprint density at radius 3 is 2.81 bits per heavy atom. The van der Waals surface area contributed by atoms with Gasteiger partial charge in [-0.2, -0.15) is 0 Å². The number of rotatable bonds is 7. The van der Waals surface area contributed by atoms with Gasteiger partial charge in [0.2, 0.25) is 0 Å². The van der Waals surface area contributed by atoms with Crippen LogP contribution in [0, 0.1) is 5.41 Å². The molecule has 0 radical (unpaired) electrons. The molecule has 21 heavy (non-hydrogen) atoms. The number of hydrogen-bond acceptors (Lipinski definition) is 4. The van der Waals surface area contributed by atoms with E-state index in [1.807, 2.05) is 36.4 Å². The summed E-state index contributed by atoms with van der Waals surface area (Å²) in [5, 5.41) is 7.77. The second kappa shape index (κ2) is 7.69. The van der Waals surface area contributed by atoms with Gasteiger partial charge >= 0.3 is 0 Å². The van der Waals surface area contributed by atoms with Gasteiger partial charge in [-0.25, -0.2) is 0 Å². The molecule has 0 unspecified atom stereocenters. The van der Waals surface area contributed by atoms with Crippen LogP contribution in [0.1, 0.15) is 18.2 Å². The number of nitrogens with two attached hydrogens (primary N) is 1. The molecule has 1 heterocycles. The molecule has 0 bridgehead atoms. The molecule has 5 heteroatoms. The molecule has 1 aromatic heterocycles. The maximum atomic E-state index is 7.77. The molecule has 0 aliphatic heterocycles. The molecule has 0 saturated heterocycles. The molecule has 110 valence electrons. The third kappa shape index (κ3) is 4.23. The molecule has 0 amide bonds. The van der Waals surface area contributed by atoms with Crippen molar-refractivity contribution in [2.75, 3.05) is 12.4 Å². The Balaban J connectivity index is 2.08. The minimum absolute atomic E-state index is 0.0411. The van der Waals surface area contributed by atoms with Crippen LogP contribution in [-0.2, 0) is 6.42 Å². The Labute approximate surface area is 129 Å². The normalized spacial score (nSPS) is 10.3. The zero-order chi connectivity index (χ0) is 15.1. The zero-order valence-corrected chi connectivity index (χ0v) is 12.8. The van der Waals surface area contributed by atoms with Gasteiger partial charge in [-0.3, -0.25) is 10.4 Å². The minimum Gasteiger partial charge on any atom is -0.492 e. The van der Waals surface area contributed by atoms with Crippen molar-refractivity contribution in [1.82, 2.24) is 4.98 Å². The molecule has 0 spiro atoms. The van der Waals surface area contributed by atoms with Crippen LogP contribution < -0.4 is 10.5 Å². The van der Waals surface area contributed by atoms with Gasteiger partial charge in [0.15, 0.2) is 0 Å². The predicted octanol–water partition coefficient (Wildman–Crippen LogP) is 3.10. The van der Waals surface area contributed by atoms with Crippen molar-refractivity contribution in [2.45, 2.75) is 18.2 Å². The van der Waals surface area contributed by atoms with Crippen molar-refractivity contribution in [3.63, 3.8) is 0 Å². The number of thioether (sulfide) groups is 1. The van der Waals surface area contributed by atoms with Gasteiger partial charge in [0.25, 0.3) is 0 Å². The van der Waals surface area contributed by atoms with E-state index in [0.29, 0.717) is 17.9 Å². The van der Waals surface area contributed by atoms with Crippen molar-refractivity contribution in [1.29, 1.82) is 5.41 Å². The largest absolute Gasteiger partial charge is 0.492 e. The van der Waals surface area contributed by atoms with E-state index in [1.54, 1.807) is 18.0 Å². The molecule has 1 aromatic carbocycles. The summed E-state index contributed by atoms with van der Waals surface area (Å²) in [7, 11) is 0. The second-order valence-electron chi connectivity index (χ2n) is 4.40.